The molecular formula is C42H32N2O2. The van der Waals surface area contributed by atoms with E-state index in [4.69, 9.17) is 0 Å². The fourth-order valence-corrected chi connectivity index (χ4v) is 6.82. The minimum Gasteiger partial charge on any atom is -0.508 e. The van der Waals surface area contributed by atoms with Gasteiger partial charge in [0.25, 0.3) is 0 Å². The molecule has 0 aliphatic rings. The number of anilines is 6. The number of aryl methyl sites for hydroxylation is 1. The summed E-state index contributed by atoms with van der Waals surface area (Å²) in [5, 5.41) is 27.5. The van der Waals surface area contributed by atoms with Crippen molar-refractivity contribution in [2.75, 3.05) is 9.80 Å². The van der Waals surface area contributed by atoms with Gasteiger partial charge >= 0.3 is 0 Å². The molecule has 4 heteroatoms. The van der Waals surface area contributed by atoms with Gasteiger partial charge in [0.2, 0.25) is 0 Å². The summed E-state index contributed by atoms with van der Waals surface area (Å²) in [4.78, 5) is 4.55. The van der Waals surface area contributed by atoms with E-state index in [2.05, 4.69) is 108 Å². The highest BCUT2D eigenvalue weighted by molar-refractivity contribution is 6.28. The Morgan fingerprint density at radius 1 is 0.435 bits per heavy atom. The first-order valence-corrected chi connectivity index (χ1v) is 15.6. The van der Waals surface area contributed by atoms with Crippen LogP contribution in [0.25, 0.3) is 32.3 Å². The van der Waals surface area contributed by atoms with E-state index >= 15 is 0 Å². The highest BCUT2D eigenvalue weighted by Crippen LogP contribution is 2.48. The van der Waals surface area contributed by atoms with Gasteiger partial charge in [0.15, 0.2) is 0 Å². The Labute approximate surface area is 268 Å². The summed E-state index contributed by atoms with van der Waals surface area (Å²) in [5.74, 6) is 0.480. The number of hydrogen-bond donors (Lipinski definition) is 2. The number of phenolic OH excluding ortho intramolecular Hbond substituents is 2. The Kier molecular flexibility index (Phi) is 6.69. The van der Waals surface area contributed by atoms with Crippen molar-refractivity contribution in [2.45, 2.75) is 13.3 Å². The van der Waals surface area contributed by atoms with Crippen LogP contribution < -0.4 is 9.80 Å². The molecule has 8 aromatic carbocycles. The molecule has 0 spiro atoms. The molecule has 0 saturated carbocycles. The number of para-hydroxylation sites is 2. The number of benzene rings is 8. The van der Waals surface area contributed by atoms with Gasteiger partial charge in [0.1, 0.15) is 11.5 Å². The van der Waals surface area contributed by atoms with Crippen LogP contribution in [0.2, 0.25) is 0 Å². The zero-order valence-corrected chi connectivity index (χ0v) is 25.4. The van der Waals surface area contributed by atoms with Gasteiger partial charge in [-0.1, -0.05) is 73.7 Å². The molecule has 0 unspecified atom stereocenters. The van der Waals surface area contributed by atoms with E-state index in [1.54, 1.807) is 24.3 Å². The van der Waals surface area contributed by atoms with E-state index in [0.29, 0.717) is 0 Å². The monoisotopic (exact) mass is 596 g/mol. The van der Waals surface area contributed by atoms with Crippen LogP contribution in [0.5, 0.6) is 11.5 Å². The number of aromatic hydroxyl groups is 2. The first kappa shape index (κ1) is 27.5. The number of nitrogens with zero attached hydrogens (tertiary/aromatic N) is 2. The highest BCUT2D eigenvalue weighted by atomic mass is 16.3. The van der Waals surface area contributed by atoms with E-state index in [1.807, 2.05) is 36.4 Å². The number of hydrogen-bond acceptors (Lipinski definition) is 4. The van der Waals surface area contributed by atoms with Gasteiger partial charge in [-0.3, -0.25) is 0 Å². The summed E-state index contributed by atoms with van der Waals surface area (Å²) >= 11 is 0. The van der Waals surface area contributed by atoms with Crippen LogP contribution in [0.15, 0.2) is 152 Å². The second-order valence-electron chi connectivity index (χ2n) is 11.6. The molecule has 0 atom stereocenters. The van der Waals surface area contributed by atoms with Crippen LogP contribution >= 0.6 is 0 Å². The van der Waals surface area contributed by atoms with Crippen molar-refractivity contribution in [3.63, 3.8) is 0 Å². The molecule has 8 aromatic rings. The number of phenols is 2. The minimum absolute atomic E-state index is 0.239. The molecule has 2 N–H and O–H groups in total. The van der Waals surface area contributed by atoms with Gasteiger partial charge in [0.05, 0.1) is 11.4 Å². The second-order valence-corrected chi connectivity index (χ2v) is 11.6. The molecule has 0 bridgehead atoms. The maximum atomic E-state index is 10.1. The van der Waals surface area contributed by atoms with Crippen molar-refractivity contribution in [3.05, 3.63) is 157 Å². The summed E-state index contributed by atoms with van der Waals surface area (Å²) in [7, 11) is 0. The third-order valence-electron chi connectivity index (χ3n) is 8.93. The predicted octanol–water partition coefficient (Wildman–Crippen LogP) is 11.5. The lowest BCUT2D eigenvalue weighted by Crippen LogP contribution is -2.12. The molecule has 8 rings (SSSR count). The third-order valence-corrected chi connectivity index (χ3v) is 8.93. The molecule has 0 aliphatic heterocycles. The van der Waals surface area contributed by atoms with Crippen molar-refractivity contribution >= 4 is 66.4 Å². The molecule has 0 fully saturated rings. The normalized spacial score (nSPS) is 11.4. The van der Waals surface area contributed by atoms with Crippen LogP contribution in [0.4, 0.5) is 34.1 Å². The van der Waals surface area contributed by atoms with E-state index in [9.17, 15) is 10.2 Å². The lowest BCUT2D eigenvalue weighted by atomic mass is 9.89. The first-order valence-electron chi connectivity index (χ1n) is 15.6. The molecule has 0 amide bonds. The van der Waals surface area contributed by atoms with Crippen LogP contribution in [-0.4, -0.2) is 10.2 Å². The zero-order chi connectivity index (χ0) is 31.2. The van der Waals surface area contributed by atoms with Crippen molar-refractivity contribution in [2.24, 2.45) is 0 Å². The standard InChI is InChI=1S/C42H32N2O2/c1-2-28-27-40(44(31-11-7-4-8-12-31)33-17-21-35(46)22-18-33)38-23-13-29-14-26-39(37-25-24-36(28)42(38)41(29)37)43(30-9-5-3-6-10-30)32-15-19-34(45)20-16-32/h3-27,45-46H,2H2,1H3. The Morgan fingerprint density at radius 3 is 1.46 bits per heavy atom. The molecule has 222 valence electrons. The topological polar surface area (TPSA) is 46.9 Å². The molecule has 0 heterocycles. The minimum atomic E-state index is 0.239. The maximum absolute atomic E-state index is 10.1. The first-order chi connectivity index (χ1) is 22.6. The highest BCUT2D eigenvalue weighted by Gasteiger charge is 2.23. The third kappa shape index (κ3) is 4.54. The van der Waals surface area contributed by atoms with Crippen molar-refractivity contribution < 1.29 is 10.2 Å². The van der Waals surface area contributed by atoms with Crippen LogP contribution in [0.3, 0.4) is 0 Å². The zero-order valence-electron chi connectivity index (χ0n) is 25.4. The molecule has 0 aliphatic carbocycles. The van der Waals surface area contributed by atoms with Crippen LogP contribution in [-0.2, 0) is 6.42 Å². The predicted molar refractivity (Wildman–Crippen MR) is 192 cm³/mol. The molecule has 0 saturated heterocycles. The van der Waals surface area contributed by atoms with Crippen molar-refractivity contribution in [1.82, 2.24) is 0 Å². The van der Waals surface area contributed by atoms with E-state index in [-0.39, 0.29) is 11.5 Å². The Hall–Kier alpha value is -6.00. The van der Waals surface area contributed by atoms with E-state index < -0.39 is 0 Å². The van der Waals surface area contributed by atoms with E-state index in [0.717, 1.165) is 51.3 Å². The summed E-state index contributed by atoms with van der Waals surface area (Å²) in [6.45, 7) is 2.22. The average Bonchev–Trinajstić information content (AvgIpc) is 3.11. The van der Waals surface area contributed by atoms with Gasteiger partial charge in [-0.2, -0.15) is 0 Å². The Morgan fingerprint density at radius 2 is 0.891 bits per heavy atom. The Balaban J connectivity index is 1.44. The molecular weight excluding hydrogens is 564 g/mol. The van der Waals surface area contributed by atoms with Crippen LogP contribution in [0, 0.1) is 0 Å². The lowest BCUT2D eigenvalue weighted by molar-refractivity contribution is 0.475. The summed E-state index contributed by atoms with van der Waals surface area (Å²) in [6, 6.07) is 51.4. The van der Waals surface area contributed by atoms with Crippen LogP contribution in [0.1, 0.15) is 12.5 Å². The van der Waals surface area contributed by atoms with Gasteiger partial charge in [-0.05, 0) is 118 Å². The summed E-state index contributed by atoms with van der Waals surface area (Å²) in [6.07, 6.45) is 0.885. The largest absolute Gasteiger partial charge is 0.508 e. The summed E-state index contributed by atoms with van der Waals surface area (Å²) in [5.41, 5.74) is 7.48. The lowest BCUT2D eigenvalue weighted by Gasteiger charge is -2.30. The van der Waals surface area contributed by atoms with Crippen molar-refractivity contribution in [1.29, 1.82) is 0 Å². The smallest absolute Gasteiger partial charge is 0.115 e. The molecule has 46 heavy (non-hydrogen) atoms. The second kappa shape index (κ2) is 11.2. The molecule has 4 nitrogen and oxygen atoms in total. The average molecular weight is 597 g/mol. The van der Waals surface area contributed by atoms with Gasteiger partial charge in [-0.25, -0.2) is 0 Å². The fraction of sp³-hybridized carbons (Fsp3) is 0.0476. The fourth-order valence-electron chi connectivity index (χ4n) is 6.82. The van der Waals surface area contributed by atoms with Crippen molar-refractivity contribution in [3.8, 4) is 11.5 Å². The van der Waals surface area contributed by atoms with Gasteiger partial charge < -0.3 is 20.0 Å². The molecule has 0 radical (unpaired) electrons. The SMILES string of the molecule is CCc1cc(N(c2ccccc2)c2ccc(O)cc2)c2ccc3ccc(N(c4ccccc4)c4ccc(O)cc4)c4ccc1c2c34. The van der Waals surface area contributed by atoms with E-state index in [1.165, 1.54) is 27.1 Å². The number of rotatable bonds is 7. The molecule has 0 aromatic heterocycles. The maximum Gasteiger partial charge on any atom is 0.115 e. The Bertz CT molecular complexity index is 2300. The summed E-state index contributed by atoms with van der Waals surface area (Å²) < 4.78 is 0. The quantitative estimate of drug-likeness (QED) is 0.180. The van der Waals surface area contributed by atoms with Gasteiger partial charge in [0, 0.05) is 33.5 Å². The van der Waals surface area contributed by atoms with Gasteiger partial charge in [-0.15, -0.1) is 0 Å².